The smallest absolute Gasteiger partial charge is 0.247 e. The van der Waals surface area contributed by atoms with E-state index < -0.39 is 17.3 Å². The molecule has 1 saturated heterocycles. The van der Waals surface area contributed by atoms with Crippen molar-refractivity contribution in [2.45, 2.75) is 37.5 Å². The van der Waals surface area contributed by atoms with Crippen LogP contribution in [-0.2, 0) is 12.2 Å². The van der Waals surface area contributed by atoms with Gasteiger partial charge in [0.2, 0.25) is 17.5 Å². The number of nitrogens with two attached hydrogens (primary N) is 1. The normalized spacial score (nSPS) is 22.8. The number of nitrogen functional groups attached to an aromatic ring is 1. The maximum Gasteiger partial charge on any atom is 0.247 e. The van der Waals surface area contributed by atoms with Gasteiger partial charge in [0.1, 0.15) is 11.6 Å². The summed E-state index contributed by atoms with van der Waals surface area (Å²) in [6, 6.07) is 7.52. The minimum atomic E-state index is -0.921. The van der Waals surface area contributed by atoms with E-state index in [2.05, 4.69) is 25.6 Å². The molecule has 0 bridgehead atoms. The van der Waals surface area contributed by atoms with Crippen molar-refractivity contribution in [1.82, 2.24) is 19.5 Å². The van der Waals surface area contributed by atoms with Crippen molar-refractivity contribution in [1.29, 1.82) is 5.41 Å². The van der Waals surface area contributed by atoms with Crippen LogP contribution in [0.2, 0.25) is 0 Å². The fourth-order valence-corrected chi connectivity index (χ4v) is 4.45. The van der Waals surface area contributed by atoms with Crippen LogP contribution in [0.5, 0.6) is 0 Å². The molecule has 4 heterocycles. The van der Waals surface area contributed by atoms with Crippen LogP contribution in [0, 0.1) is 17.0 Å². The number of rotatable bonds is 5. The molecule has 0 aliphatic carbocycles. The van der Waals surface area contributed by atoms with Crippen molar-refractivity contribution >= 4 is 11.9 Å². The molecule has 31 heavy (non-hydrogen) atoms. The molecule has 2 atom stereocenters. The molecule has 1 fully saturated rings. The zero-order valence-electron chi connectivity index (χ0n) is 16.6. The molecule has 0 radical (unpaired) electrons. The first-order valence-electron chi connectivity index (χ1n) is 10.0. The highest BCUT2D eigenvalue weighted by molar-refractivity contribution is 5.44. The third-order valence-corrected chi connectivity index (χ3v) is 5.90. The van der Waals surface area contributed by atoms with Gasteiger partial charge in [-0.3, -0.25) is 15.7 Å². The SMILES string of the molecule is N=c1nc(N)nc2n1NC(CC1CCCN1Cc1c(F)cccc1F)(c1ccco1)N2. The molecule has 2 aromatic heterocycles. The Hall–Kier alpha value is -3.47. The molecule has 5 N–H and O–H groups in total. The van der Waals surface area contributed by atoms with E-state index in [1.807, 2.05) is 6.07 Å². The molecule has 1 aromatic carbocycles. The van der Waals surface area contributed by atoms with Crippen molar-refractivity contribution in [2.75, 3.05) is 23.0 Å². The Morgan fingerprint density at radius 1 is 1.23 bits per heavy atom. The van der Waals surface area contributed by atoms with Crippen molar-refractivity contribution in [3.05, 3.63) is 65.2 Å². The molecule has 2 unspecified atom stereocenters. The van der Waals surface area contributed by atoms with E-state index in [0.29, 0.717) is 18.1 Å². The zero-order valence-corrected chi connectivity index (χ0v) is 16.6. The van der Waals surface area contributed by atoms with E-state index >= 15 is 0 Å². The minimum absolute atomic E-state index is 0.00138. The second-order valence-electron chi connectivity index (χ2n) is 7.85. The fraction of sp³-hybridized carbons (Fsp3) is 0.350. The summed E-state index contributed by atoms with van der Waals surface area (Å²) >= 11 is 0. The second-order valence-corrected chi connectivity index (χ2v) is 7.85. The highest BCUT2D eigenvalue weighted by Gasteiger charge is 2.45. The van der Waals surface area contributed by atoms with Crippen LogP contribution in [0.3, 0.4) is 0 Å². The van der Waals surface area contributed by atoms with Crippen LogP contribution in [0.4, 0.5) is 20.7 Å². The third kappa shape index (κ3) is 3.40. The number of aromatic nitrogens is 3. The van der Waals surface area contributed by atoms with Gasteiger partial charge in [-0.15, -0.1) is 0 Å². The Balaban J connectivity index is 1.45. The molecule has 3 aromatic rings. The number of fused-ring (bicyclic) bond motifs is 1. The minimum Gasteiger partial charge on any atom is -0.465 e. The first kappa shape index (κ1) is 19.5. The molecule has 9 nitrogen and oxygen atoms in total. The van der Waals surface area contributed by atoms with Crippen molar-refractivity contribution in [3.8, 4) is 0 Å². The lowest BCUT2D eigenvalue weighted by Gasteiger charge is -2.34. The predicted octanol–water partition coefficient (Wildman–Crippen LogP) is 2.09. The van der Waals surface area contributed by atoms with E-state index in [1.165, 1.54) is 22.9 Å². The Morgan fingerprint density at radius 3 is 2.77 bits per heavy atom. The van der Waals surface area contributed by atoms with E-state index in [1.54, 1.807) is 12.3 Å². The molecule has 2 aliphatic heterocycles. The molecular weight excluding hydrogens is 406 g/mol. The average molecular weight is 428 g/mol. The van der Waals surface area contributed by atoms with Crippen LogP contribution < -0.4 is 22.1 Å². The summed E-state index contributed by atoms with van der Waals surface area (Å²) in [5.74, 6) is -0.163. The summed E-state index contributed by atoms with van der Waals surface area (Å²) in [6.07, 6.45) is 3.83. The molecule has 0 spiro atoms. The number of benzene rings is 1. The Labute approximate surface area is 176 Å². The Bertz CT molecular complexity index is 1140. The first-order valence-corrected chi connectivity index (χ1v) is 10.0. The lowest BCUT2D eigenvalue weighted by molar-refractivity contribution is 0.196. The van der Waals surface area contributed by atoms with Gasteiger partial charge in [0, 0.05) is 24.6 Å². The van der Waals surface area contributed by atoms with Crippen LogP contribution in [0.1, 0.15) is 30.6 Å². The van der Waals surface area contributed by atoms with Gasteiger partial charge in [-0.2, -0.15) is 14.6 Å². The fourth-order valence-electron chi connectivity index (χ4n) is 4.45. The highest BCUT2D eigenvalue weighted by Crippen LogP contribution is 2.37. The quantitative estimate of drug-likeness (QED) is 0.491. The van der Waals surface area contributed by atoms with E-state index in [0.717, 1.165) is 19.4 Å². The average Bonchev–Trinajstić information content (AvgIpc) is 3.46. The van der Waals surface area contributed by atoms with E-state index in [4.69, 9.17) is 15.6 Å². The van der Waals surface area contributed by atoms with Crippen molar-refractivity contribution in [2.24, 2.45) is 0 Å². The summed E-state index contributed by atoms with van der Waals surface area (Å²) < 4.78 is 35.6. The number of hydrogen-bond acceptors (Lipinski definition) is 8. The largest absolute Gasteiger partial charge is 0.465 e. The van der Waals surface area contributed by atoms with Crippen LogP contribution >= 0.6 is 0 Å². The maximum atomic E-state index is 14.2. The van der Waals surface area contributed by atoms with Crippen LogP contribution in [0.25, 0.3) is 0 Å². The monoisotopic (exact) mass is 428 g/mol. The molecule has 2 aliphatic rings. The van der Waals surface area contributed by atoms with Gasteiger partial charge in [0.25, 0.3) is 0 Å². The van der Waals surface area contributed by atoms with E-state index in [-0.39, 0.29) is 29.7 Å². The summed E-state index contributed by atoms with van der Waals surface area (Å²) in [6.45, 7) is 0.900. The van der Waals surface area contributed by atoms with Crippen LogP contribution in [-0.4, -0.2) is 32.1 Å². The van der Waals surface area contributed by atoms with Gasteiger partial charge < -0.3 is 15.5 Å². The lowest BCUT2D eigenvalue weighted by Crippen LogP contribution is -2.47. The number of anilines is 2. The second kappa shape index (κ2) is 7.34. The molecule has 0 saturated carbocycles. The van der Waals surface area contributed by atoms with Gasteiger partial charge in [-0.25, -0.2) is 8.78 Å². The number of likely N-dealkylation sites (tertiary alicyclic amines) is 1. The zero-order chi connectivity index (χ0) is 21.6. The lowest BCUT2D eigenvalue weighted by atomic mass is 9.96. The summed E-state index contributed by atoms with van der Waals surface area (Å²) in [4.78, 5) is 10.1. The summed E-state index contributed by atoms with van der Waals surface area (Å²) in [5.41, 5.74) is 8.01. The summed E-state index contributed by atoms with van der Waals surface area (Å²) in [5, 5.41) is 11.4. The topological polar surface area (TPSA) is 121 Å². The van der Waals surface area contributed by atoms with Gasteiger partial charge in [-0.1, -0.05) is 6.07 Å². The molecular formula is C20H22F2N8O. The number of furan rings is 1. The Kier molecular flexibility index (Phi) is 4.62. The molecule has 5 rings (SSSR count). The van der Waals surface area contributed by atoms with E-state index in [9.17, 15) is 8.78 Å². The molecule has 0 amide bonds. The van der Waals surface area contributed by atoms with Crippen LogP contribution in [0.15, 0.2) is 41.0 Å². The van der Waals surface area contributed by atoms with Gasteiger partial charge in [0.05, 0.1) is 6.26 Å². The van der Waals surface area contributed by atoms with Gasteiger partial charge >= 0.3 is 0 Å². The Morgan fingerprint density at radius 2 is 2.03 bits per heavy atom. The predicted molar refractivity (Wildman–Crippen MR) is 108 cm³/mol. The number of nitrogens with one attached hydrogen (secondary N) is 3. The maximum absolute atomic E-state index is 14.2. The van der Waals surface area contributed by atoms with Gasteiger partial charge in [0.15, 0.2) is 11.4 Å². The number of nitrogens with zero attached hydrogens (tertiary/aromatic N) is 4. The third-order valence-electron chi connectivity index (χ3n) is 5.90. The summed E-state index contributed by atoms with van der Waals surface area (Å²) in [7, 11) is 0. The molecule has 162 valence electrons. The first-order chi connectivity index (χ1) is 14.9. The van der Waals surface area contributed by atoms with Crippen molar-refractivity contribution in [3.63, 3.8) is 0 Å². The van der Waals surface area contributed by atoms with Crippen molar-refractivity contribution < 1.29 is 13.2 Å². The standard InChI is InChI=1S/C20H22F2N8O/c21-14-5-1-6-15(22)13(14)11-29-8-2-4-12(29)10-20(16-7-3-9-31-16)27-19-26-17(23)25-18(24)30(19)28-20/h1,3,5-7,9,12,28H,2,4,8,10-11H2,(H4,23,24,25,26,27). The molecule has 11 heteroatoms. The highest BCUT2D eigenvalue weighted by atomic mass is 19.1. The van der Waals surface area contributed by atoms with Gasteiger partial charge in [-0.05, 0) is 43.7 Å². The number of hydrogen-bond donors (Lipinski definition) is 4. The number of halogens is 2.